The first kappa shape index (κ1) is 24.6. The molecule has 0 unspecified atom stereocenters. The van der Waals surface area contributed by atoms with Crippen molar-refractivity contribution in [1.82, 2.24) is 15.1 Å². The molecule has 0 spiro atoms. The van der Waals surface area contributed by atoms with E-state index in [9.17, 15) is 18.4 Å². The van der Waals surface area contributed by atoms with Crippen LogP contribution in [0.2, 0.25) is 0 Å². The Morgan fingerprint density at radius 2 is 1.76 bits per heavy atom. The maximum absolute atomic E-state index is 12.7. The summed E-state index contributed by atoms with van der Waals surface area (Å²) in [7, 11) is 0. The van der Waals surface area contributed by atoms with Gasteiger partial charge in [0.15, 0.2) is 0 Å². The van der Waals surface area contributed by atoms with Crippen molar-refractivity contribution in [3.8, 4) is 5.75 Å². The van der Waals surface area contributed by atoms with Crippen LogP contribution in [0, 0.1) is 0 Å². The van der Waals surface area contributed by atoms with Crippen LogP contribution in [0.15, 0.2) is 54.6 Å². The number of hydrogen-bond acceptors (Lipinski definition) is 4. The average molecular weight is 460 g/mol. The van der Waals surface area contributed by atoms with E-state index in [1.165, 1.54) is 12.1 Å². The molecule has 6 nitrogen and oxygen atoms in total. The van der Waals surface area contributed by atoms with Crippen LogP contribution in [0.3, 0.4) is 0 Å². The molecule has 1 heterocycles. The Balaban J connectivity index is 1.47. The summed E-state index contributed by atoms with van der Waals surface area (Å²) in [5.74, 6) is 0.0595. The van der Waals surface area contributed by atoms with Crippen molar-refractivity contribution >= 4 is 11.8 Å². The summed E-state index contributed by atoms with van der Waals surface area (Å²) in [6, 6.07) is 15.8. The van der Waals surface area contributed by atoms with Gasteiger partial charge in [0, 0.05) is 31.2 Å². The molecule has 2 amide bonds. The topological polar surface area (TPSA) is 61.9 Å². The summed E-state index contributed by atoms with van der Waals surface area (Å²) in [6.07, 6.45) is 2.59. The lowest BCUT2D eigenvalue weighted by Gasteiger charge is -2.38. The number of benzene rings is 2. The Labute approximate surface area is 193 Å². The van der Waals surface area contributed by atoms with E-state index in [4.69, 9.17) is 0 Å². The van der Waals surface area contributed by atoms with E-state index in [1.54, 1.807) is 12.1 Å². The van der Waals surface area contributed by atoms with Gasteiger partial charge in [-0.05, 0) is 55.6 Å². The number of nitrogens with zero attached hydrogens (tertiary/aromatic N) is 2. The smallest absolute Gasteiger partial charge is 0.387 e. The molecular formula is C25H31F2N3O3. The first-order valence-electron chi connectivity index (χ1n) is 11.3. The van der Waals surface area contributed by atoms with E-state index in [2.05, 4.69) is 21.9 Å². The summed E-state index contributed by atoms with van der Waals surface area (Å²) < 4.78 is 28.8. The minimum atomic E-state index is -2.86. The lowest BCUT2D eigenvalue weighted by molar-refractivity contribution is -0.123. The minimum absolute atomic E-state index is 0.0544. The number of hydrogen-bond donors (Lipinski definition) is 1. The highest BCUT2D eigenvalue weighted by Gasteiger charge is 2.28. The fraction of sp³-hybridized carbons (Fsp3) is 0.440. The summed E-state index contributed by atoms with van der Waals surface area (Å²) in [6.45, 7) is 1.99. The fourth-order valence-electron chi connectivity index (χ4n) is 4.11. The van der Waals surface area contributed by atoms with E-state index in [0.29, 0.717) is 25.2 Å². The zero-order chi connectivity index (χ0) is 23.6. The molecule has 2 aromatic carbocycles. The van der Waals surface area contributed by atoms with Gasteiger partial charge in [0.25, 0.3) is 5.91 Å². The van der Waals surface area contributed by atoms with Crippen molar-refractivity contribution in [3.05, 3.63) is 65.7 Å². The van der Waals surface area contributed by atoms with E-state index in [0.717, 1.165) is 31.4 Å². The van der Waals surface area contributed by atoms with Crippen LogP contribution >= 0.6 is 0 Å². The monoisotopic (exact) mass is 459 g/mol. The number of halogens is 2. The number of alkyl halides is 2. The third kappa shape index (κ3) is 7.53. The fourth-order valence-corrected chi connectivity index (χ4v) is 4.11. The summed E-state index contributed by atoms with van der Waals surface area (Å²) >= 11 is 0. The lowest BCUT2D eigenvalue weighted by Crippen LogP contribution is -2.49. The summed E-state index contributed by atoms with van der Waals surface area (Å²) in [4.78, 5) is 29.3. The van der Waals surface area contributed by atoms with Crippen LogP contribution in [0.5, 0.6) is 5.75 Å². The molecule has 33 heavy (non-hydrogen) atoms. The molecule has 0 aliphatic carbocycles. The van der Waals surface area contributed by atoms with Crippen molar-refractivity contribution in [3.63, 3.8) is 0 Å². The van der Waals surface area contributed by atoms with Crippen molar-refractivity contribution in [2.24, 2.45) is 0 Å². The van der Waals surface area contributed by atoms with Crippen molar-refractivity contribution in [2.45, 2.75) is 45.4 Å². The second-order valence-electron chi connectivity index (χ2n) is 8.16. The second-order valence-corrected chi connectivity index (χ2v) is 8.16. The number of rotatable bonds is 10. The molecule has 0 bridgehead atoms. The normalized spacial score (nSPS) is 14.5. The zero-order valence-electron chi connectivity index (χ0n) is 18.9. The second kappa shape index (κ2) is 12.3. The summed E-state index contributed by atoms with van der Waals surface area (Å²) in [5, 5.41) is 2.90. The number of carbonyl (C=O) groups excluding carboxylic acids is 2. The highest BCUT2D eigenvalue weighted by Crippen LogP contribution is 2.19. The predicted molar refractivity (Wildman–Crippen MR) is 122 cm³/mol. The number of amides is 2. The molecule has 0 saturated carbocycles. The molecule has 8 heteroatoms. The average Bonchev–Trinajstić information content (AvgIpc) is 2.83. The molecule has 1 aliphatic heterocycles. The molecule has 3 rings (SSSR count). The Morgan fingerprint density at radius 3 is 2.36 bits per heavy atom. The number of carbonyl (C=O) groups is 2. The Kier molecular flexibility index (Phi) is 9.18. The number of likely N-dealkylation sites (tertiary alicyclic amines) is 1. The maximum Gasteiger partial charge on any atom is 0.387 e. The van der Waals surface area contributed by atoms with Gasteiger partial charge in [0.1, 0.15) is 5.75 Å². The maximum atomic E-state index is 12.7. The third-order valence-corrected chi connectivity index (χ3v) is 5.78. The molecule has 0 radical (unpaired) electrons. The Bertz CT molecular complexity index is 886. The van der Waals surface area contributed by atoms with Crippen molar-refractivity contribution < 1.29 is 23.1 Å². The predicted octanol–water partition coefficient (Wildman–Crippen LogP) is 3.92. The zero-order valence-corrected chi connectivity index (χ0v) is 18.9. The van der Waals surface area contributed by atoms with Gasteiger partial charge in [0.2, 0.25) is 5.91 Å². The Hall–Kier alpha value is -3.00. The van der Waals surface area contributed by atoms with Crippen molar-refractivity contribution in [1.29, 1.82) is 0 Å². The van der Waals surface area contributed by atoms with Crippen LogP contribution in [0.1, 0.15) is 42.1 Å². The van der Waals surface area contributed by atoms with Gasteiger partial charge in [-0.1, -0.05) is 37.3 Å². The van der Waals surface area contributed by atoms with Gasteiger partial charge in [-0.2, -0.15) is 8.78 Å². The SMILES string of the molecule is CCCN(CC(=O)NCc1ccc(OC(F)F)cc1)C1CCN(C(=O)c2ccccc2)CC1. The molecule has 2 aromatic rings. The molecule has 1 N–H and O–H groups in total. The lowest BCUT2D eigenvalue weighted by atomic mass is 10.0. The molecule has 1 fully saturated rings. The van der Waals surface area contributed by atoms with E-state index in [1.807, 2.05) is 35.2 Å². The van der Waals surface area contributed by atoms with E-state index >= 15 is 0 Å². The molecule has 0 atom stereocenters. The van der Waals surface area contributed by atoms with Gasteiger partial charge in [0.05, 0.1) is 6.54 Å². The molecule has 1 aliphatic rings. The number of ether oxygens (including phenoxy) is 1. The number of nitrogens with one attached hydrogen (secondary N) is 1. The minimum Gasteiger partial charge on any atom is -0.435 e. The van der Waals surface area contributed by atoms with Crippen molar-refractivity contribution in [2.75, 3.05) is 26.2 Å². The summed E-state index contributed by atoms with van der Waals surface area (Å²) in [5.41, 5.74) is 1.51. The van der Waals surface area contributed by atoms with Gasteiger partial charge < -0.3 is 15.0 Å². The van der Waals surface area contributed by atoms with Gasteiger partial charge >= 0.3 is 6.61 Å². The molecule has 178 valence electrons. The van der Waals surface area contributed by atoms with Crippen LogP contribution in [-0.2, 0) is 11.3 Å². The van der Waals surface area contributed by atoms with Crippen LogP contribution in [0.25, 0.3) is 0 Å². The van der Waals surface area contributed by atoms with Crippen LogP contribution in [0.4, 0.5) is 8.78 Å². The van der Waals surface area contributed by atoms with Gasteiger partial charge in [-0.25, -0.2) is 0 Å². The number of piperidine rings is 1. The standard InChI is InChI=1S/C25H31F2N3O3/c1-2-14-30(18-23(31)28-17-19-8-10-22(11-9-19)33-25(26)27)21-12-15-29(16-13-21)24(32)20-6-4-3-5-7-20/h3-11,21,25H,2,12-18H2,1H3,(H,28,31). The quantitative estimate of drug-likeness (QED) is 0.585. The van der Waals surface area contributed by atoms with Gasteiger partial charge in [-0.15, -0.1) is 0 Å². The highest BCUT2D eigenvalue weighted by atomic mass is 19.3. The molecular weight excluding hydrogens is 428 g/mol. The molecule has 0 aromatic heterocycles. The van der Waals surface area contributed by atoms with Gasteiger partial charge in [-0.3, -0.25) is 14.5 Å². The molecule has 1 saturated heterocycles. The first-order chi connectivity index (χ1) is 16.0. The first-order valence-corrected chi connectivity index (χ1v) is 11.3. The Morgan fingerprint density at radius 1 is 1.09 bits per heavy atom. The third-order valence-electron chi connectivity index (χ3n) is 5.78. The largest absolute Gasteiger partial charge is 0.435 e. The van der Waals surface area contributed by atoms with E-state index in [-0.39, 0.29) is 30.2 Å². The van der Waals surface area contributed by atoms with Crippen LogP contribution in [-0.4, -0.2) is 60.4 Å². The highest BCUT2D eigenvalue weighted by molar-refractivity contribution is 5.94. The van der Waals surface area contributed by atoms with E-state index < -0.39 is 6.61 Å². The van der Waals surface area contributed by atoms with Crippen LogP contribution < -0.4 is 10.1 Å².